The van der Waals surface area contributed by atoms with Gasteiger partial charge >= 0.3 is 11.9 Å². The van der Waals surface area contributed by atoms with Crippen LogP contribution in [-0.2, 0) is 19.1 Å². The molecule has 0 amide bonds. The number of allylic oxidation sites excluding steroid dienone is 1. The summed E-state index contributed by atoms with van der Waals surface area (Å²) in [5, 5.41) is 0. The zero-order valence-corrected chi connectivity index (χ0v) is 11.4. The molecule has 0 unspecified atom stereocenters. The molecule has 0 bridgehead atoms. The number of fused-ring (bicyclic) bond motifs is 3. The summed E-state index contributed by atoms with van der Waals surface area (Å²) < 4.78 is 11.0. The van der Waals surface area contributed by atoms with Crippen LogP contribution >= 0.6 is 0 Å². The van der Waals surface area contributed by atoms with Gasteiger partial charge < -0.3 is 9.47 Å². The minimum absolute atomic E-state index is 0.0543. The molecule has 1 aliphatic carbocycles. The van der Waals surface area contributed by atoms with Gasteiger partial charge in [0.1, 0.15) is 12.2 Å². The van der Waals surface area contributed by atoms with E-state index in [4.69, 9.17) is 9.47 Å². The molecule has 2 saturated heterocycles. The Balaban J connectivity index is 1.96. The van der Waals surface area contributed by atoms with Crippen molar-refractivity contribution < 1.29 is 19.1 Å². The monoisotopic (exact) mass is 264 g/mol. The Morgan fingerprint density at radius 2 is 1.95 bits per heavy atom. The summed E-state index contributed by atoms with van der Waals surface area (Å²) in [5.74, 6) is 0.0897. The molecule has 3 rings (SSSR count). The lowest BCUT2D eigenvalue weighted by Gasteiger charge is -2.38. The van der Waals surface area contributed by atoms with Gasteiger partial charge in [0.25, 0.3) is 0 Å². The Morgan fingerprint density at radius 1 is 1.21 bits per heavy atom. The molecular weight excluding hydrogens is 244 g/mol. The summed E-state index contributed by atoms with van der Waals surface area (Å²) in [7, 11) is 0. The van der Waals surface area contributed by atoms with Crippen LogP contribution in [0.1, 0.15) is 33.1 Å². The highest BCUT2D eigenvalue weighted by atomic mass is 16.6. The van der Waals surface area contributed by atoms with Crippen molar-refractivity contribution in [1.29, 1.82) is 0 Å². The predicted octanol–water partition coefficient (Wildman–Crippen LogP) is 2.08. The van der Waals surface area contributed by atoms with Crippen LogP contribution in [0.15, 0.2) is 12.2 Å². The summed E-state index contributed by atoms with van der Waals surface area (Å²) in [4.78, 5) is 23.5. The van der Waals surface area contributed by atoms with E-state index in [1.807, 2.05) is 13.8 Å². The van der Waals surface area contributed by atoms with Gasteiger partial charge in [0.15, 0.2) is 0 Å². The molecule has 3 fully saturated rings. The molecule has 104 valence electrons. The summed E-state index contributed by atoms with van der Waals surface area (Å²) in [6, 6.07) is 0. The topological polar surface area (TPSA) is 52.6 Å². The van der Waals surface area contributed by atoms with Crippen LogP contribution in [0.4, 0.5) is 0 Å². The van der Waals surface area contributed by atoms with Crippen molar-refractivity contribution >= 4 is 11.9 Å². The molecule has 0 aromatic heterocycles. The van der Waals surface area contributed by atoms with Crippen molar-refractivity contribution in [3.05, 3.63) is 12.2 Å². The smallest absolute Gasteiger partial charge is 0.309 e. The van der Waals surface area contributed by atoms with Crippen LogP contribution in [0.3, 0.4) is 0 Å². The van der Waals surface area contributed by atoms with Crippen molar-refractivity contribution in [3.8, 4) is 0 Å². The second-order valence-electron chi connectivity index (χ2n) is 6.13. The number of esters is 2. The maximum Gasteiger partial charge on any atom is 0.309 e. The molecule has 0 radical (unpaired) electrons. The van der Waals surface area contributed by atoms with E-state index in [2.05, 4.69) is 6.58 Å². The van der Waals surface area contributed by atoms with Crippen LogP contribution in [0, 0.1) is 23.7 Å². The SMILES string of the molecule is C=C1CC[C@@H]2[C@H](OC(=O)[C@H]2C)[C@H]2[C@H](C)OC(=O)C[C@@H]12. The fourth-order valence-electron chi connectivity index (χ4n) is 3.99. The normalized spacial score (nSPS) is 45.9. The Labute approximate surface area is 113 Å². The van der Waals surface area contributed by atoms with Gasteiger partial charge in [-0.25, -0.2) is 0 Å². The Hall–Kier alpha value is -1.32. The van der Waals surface area contributed by atoms with Crippen LogP contribution < -0.4 is 0 Å². The van der Waals surface area contributed by atoms with Gasteiger partial charge in [-0.2, -0.15) is 0 Å². The molecule has 1 saturated carbocycles. The molecule has 4 heteroatoms. The summed E-state index contributed by atoms with van der Waals surface area (Å²) >= 11 is 0. The minimum Gasteiger partial charge on any atom is -0.462 e. The van der Waals surface area contributed by atoms with Crippen molar-refractivity contribution in [3.63, 3.8) is 0 Å². The maximum absolute atomic E-state index is 11.8. The molecule has 3 aliphatic rings. The number of rotatable bonds is 0. The second kappa shape index (κ2) is 4.36. The Bertz CT molecular complexity index is 441. The van der Waals surface area contributed by atoms with Crippen LogP contribution in [0.5, 0.6) is 0 Å². The van der Waals surface area contributed by atoms with E-state index in [1.165, 1.54) is 0 Å². The van der Waals surface area contributed by atoms with Gasteiger partial charge in [0.2, 0.25) is 0 Å². The average molecular weight is 264 g/mol. The van der Waals surface area contributed by atoms with E-state index < -0.39 is 0 Å². The van der Waals surface area contributed by atoms with E-state index in [1.54, 1.807) is 0 Å². The lowest BCUT2D eigenvalue weighted by atomic mass is 9.74. The number of ether oxygens (including phenoxy) is 2. The van der Waals surface area contributed by atoms with Crippen LogP contribution in [-0.4, -0.2) is 24.1 Å². The minimum atomic E-state index is -0.202. The molecule has 2 aliphatic heterocycles. The molecule has 6 atom stereocenters. The first-order chi connectivity index (χ1) is 8.99. The molecule has 0 N–H and O–H groups in total. The first kappa shape index (κ1) is 12.7. The fraction of sp³-hybridized carbons (Fsp3) is 0.733. The fourth-order valence-corrected chi connectivity index (χ4v) is 3.99. The highest BCUT2D eigenvalue weighted by Crippen LogP contribution is 2.48. The first-order valence-electron chi connectivity index (χ1n) is 7.06. The molecule has 2 heterocycles. The van der Waals surface area contributed by atoms with Crippen LogP contribution in [0.2, 0.25) is 0 Å². The van der Waals surface area contributed by atoms with Crippen molar-refractivity contribution in [2.75, 3.05) is 0 Å². The van der Waals surface area contributed by atoms with E-state index in [0.717, 1.165) is 18.4 Å². The standard InChI is InChI=1S/C15H20O4/c1-7-4-5-10-8(2)15(17)19-14(10)13-9(3)18-12(16)6-11(7)13/h8-11,13-14H,1,4-6H2,2-3H3/t8-,9-,10-,11-,13-,14-/m0/s1. The maximum atomic E-state index is 11.8. The van der Waals surface area contributed by atoms with Gasteiger partial charge in [-0.15, -0.1) is 0 Å². The number of carbonyl (C=O) groups is 2. The molecule has 0 spiro atoms. The zero-order chi connectivity index (χ0) is 13.7. The second-order valence-corrected chi connectivity index (χ2v) is 6.13. The highest BCUT2D eigenvalue weighted by molar-refractivity contribution is 5.75. The molecular formula is C15H20O4. The third-order valence-electron chi connectivity index (χ3n) is 5.10. The summed E-state index contributed by atoms with van der Waals surface area (Å²) in [5.41, 5.74) is 1.12. The quantitative estimate of drug-likeness (QED) is 0.496. The Morgan fingerprint density at radius 3 is 2.68 bits per heavy atom. The molecule has 0 aromatic rings. The molecule has 4 nitrogen and oxygen atoms in total. The highest BCUT2D eigenvalue weighted by Gasteiger charge is 2.53. The lowest BCUT2D eigenvalue weighted by molar-refractivity contribution is -0.168. The number of carbonyl (C=O) groups excluding carboxylic acids is 2. The molecule has 0 aromatic carbocycles. The third kappa shape index (κ3) is 1.88. The first-order valence-corrected chi connectivity index (χ1v) is 7.06. The van der Waals surface area contributed by atoms with Gasteiger partial charge in [0.05, 0.1) is 12.3 Å². The summed E-state index contributed by atoms with van der Waals surface area (Å²) in [6.45, 7) is 7.99. The van der Waals surface area contributed by atoms with Gasteiger partial charge in [-0.3, -0.25) is 9.59 Å². The average Bonchev–Trinajstić information content (AvgIpc) is 2.53. The summed E-state index contributed by atoms with van der Waals surface area (Å²) in [6.07, 6.45) is 1.86. The predicted molar refractivity (Wildman–Crippen MR) is 68.1 cm³/mol. The van der Waals surface area contributed by atoms with Gasteiger partial charge in [-0.05, 0) is 25.7 Å². The van der Waals surface area contributed by atoms with Crippen molar-refractivity contribution in [2.24, 2.45) is 23.7 Å². The van der Waals surface area contributed by atoms with E-state index >= 15 is 0 Å². The number of hydrogen-bond acceptors (Lipinski definition) is 4. The zero-order valence-electron chi connectivity index (χ0n) is 11.4. The van der Waals surface area contributed by atoms with Crippen molar-refractivity contribution in [2.45, 2.75) is 45.3 Å². The van der Waals surface area contributed by atoms with E-state index in [0.29, 0.717) is 6.42 Å². The van der Waals surface area contributed by atoms with Crippen LogP contribution in [0.25, 0.3) is 0 Å². The Kier molecular flexibility index (Phi) is 2.91. The van der Waals surface area contributed by atoms with E-state index in [9.17, 15) is 9.59 Å². The number of cyclic esters (lactones) is 1. The third-order valence-corrected chi connectivity index (χ3v) is 5.10. The lowest BCUT2D eigenvalue weighted by Crippen LogP contribution is -2.45. The molecule has 19 heavy (non-hydrogen) atoms. The largest absolute Gasteiger partial charge is 0.462 e. The van der Waals surface area contributed by atoms with Crippen molar-refractivity contribution in [1.82, 2.24) is 0 Å². The van der Waals surface area contributed by atoms with E-state index in [-0.39, 0.29) is 47.8 Å². The van der Waals surface area contributed by atoms with Gasteiger partial charge in [0, 0.05) is 11.8 Å². The van der Waals surface area contributed by atoms with Gasteiger partial charge in [-0.1, -0.05) is 19.1 Å². The number of hydrogen-bond donors (Lipinski definition) is 0.